The van der Waals surface area contributed by atoms with Crippen LogP contribution >= 0.6 is 0 Å². The highest BCUT2D eigenvalue weighted by molar-refractivity contribution is 5.96. The predicted octanol–water partition coefficient (Wildman–Crippen LogP) is 2.78. The minimum atomic E-state index is -0.661. The smallest absolute Gasteiger partial charge is 0.247 e. The van der Waals surface area contributed by atoms with E-state index in [1.54, 1.807) is 9.80 Å². The van der Waals surface area contributed by atoms with E-state index in [0.717, 1.165) is 27.7 Å². The maximum absolute atomic E-state index is 13.8. The Bertz CT molecular complexity index is 1290. The summed E-state index contributed by atoms with van der Waals surface area (Å²) in [6, 6.07) is 12.5. The van der Waals surface area contributed by atoms with E-state index in [4.69, 9.17) is 14.2 Å². The normalized spacial score (nSPS) is 21.4. The molecule has 0 aliphatic carbocycles. The van der Waals surface area contributed by atoms with Gasteiger partial charge in [-0.3, -0.25) is 9.59 Å². The van der Waals surface area contributed by atoms with Crippen molar-refractivity contribution < 1.29 is 23.8 Å². The number of morpholine rings is 1. The van der Waals surface area contributed by atoms with Gasteiger partial charge in [-0.15, -0.1) is 0 Å². The number of nitrogens with zero attached hydrogens (tertiary/aromatic N) is 2. The number of hydrogen-bond donors (Lipinski definition) is 1. The Kier molecular flexibility index (Phi) is 5.03. The van der Waals surface area contributed by atoms with Gasteiger partial charge in [-0.05, 0) is 35.4 Å². The van der Waals surface area contributed by atoms with Crippen molar-refractivity contribution in [2.75, 3.05) is 33.1 Å². The third-order valence-electron chi connectivity index (χ3n) is 6.88. The number of benzene rings is 2. The average molecular weight is 460 g/mol. The lowest BCUT2D eigenvalue weighted by atomic mass is 9.87. The fourth-order valence-electron chi connectivity index (χ4n) is 5.28. The molecule has 0 unspecified atom stereocenters. The minimum Gasteiger partial charge on any atom is -0.454 e. The van der Waals surface area contributed by atoms with E-state index in [1.165, 1.54) is 6.08 Å². The first-order valence-corrected chi connectivity index (χ1v) is 11.5. The Morgan fingerprint density at radius 2 is 1.85 bits per heavy atom. The number of rotatable bonds is 3. The van der Waals surface area contributed by atoms with Crippen LogP contribution in [0.15, 0.2) is 55.1 Å². The van der Waals surface area contributed by atoms with Gasteiger partial charge in [0.1, 0.15) is 6.04 Å². The van der Waals surface area contributed by atoms with Crippen molar-refractivity contribution in [1.82, 2.24) is 14.8 Å². The molecule has 8 heteroatoms. The van der Waals surface area contributed by atoms with Crippen LogP contribution in [0.25, 0.3) is 10.9 Å². The standard InChI is InChI=1S/C26H25N3O5/c1-2-23(30)29-20(26(31)28-9-11-32-12-10-28)14-18-17-5-3-4-6-19(17)27-24(18)25(29)16-7-8-21-22(13-16)34-15-33-21/h2-8,13,20,25,27H,1,9-12,14-15H2/t20-,25-/m0/s1. The van der Waals surface area contributed by atoms with Gasteiger partial charge in [0.05, 0.1) is 19.3 Å². The van der Waals surface area contributed by atoms with Crippen molar-refractivity contribution in [3.8, 4) is 11.5 Å². The third-order valence-corrected chi connectivity index (χ3v) is 6.88. The quantitative estimate of drug-likeness (QED) is 0.609. The topological polar surface area (TPSA) is 84.1 Å². The number of carbonyl (C=O) groups excluding carboxylic acids is 2. The number of carbonyl (C=O) groups is 2. The van der Waals surface area contributed by atoms with Crippen LogP contribution in [0.3, 0.4) is 0 Å². The fraction of sp³-hybridized carbons (Fsp3) is 0.308. The number of aromatic amines is 1. The van der Waals surface area contributed by atoms with E-state index in [-0.39, 0.29) is 18.6 Å². The number of nitrogens with one attached hydrogen (secondary N) is 1. The first-order valence-electron chi connectivity index (χ1n) is 11.5. The Balaban J connectivity index is 1.53. The van der Waals surface area contributed by atoms with Crippen molar-refractivity contribution >= 4 is 22.7 Å². The molecule has 3 aromatic rings. The Morgan fingerprint density at radius 3 is 2.68 bits per heavy atom. The number of aromatic nitrogens is 1. The summed E-state index contributed by atoms with van der Waals surface area (Å²) >= 11 is 0. The lowest BCUT2D eigenvalue weighted by Crippen LogP contribution is -2.56. The molecule has 0 spiro atoms. The van der Waals surface area contributed by atoms with Crippen molar-refractivity contribution in [2.45, 2.75) is 18.5 Å². The SMILES string of the molecule is C=CC(=O)N1[C@@H](c2ccc3c(c2)OCO3)c2[nH]c3ccccc3c2C[C@H]1C(=O)N1CCOCC1. The van der Waals surface area contributed by atoms with Crippen LogP contribution < -0.4 is 9.47 Å². The van der Waals surface area contributed by atoms with Gasteiger partial charge in [-0.2, -0.15) is 0 Å². The Labute approximate surface area is 196 Å². The van der Waals surface area contributed by atoms with Crippen LogP contribution in [-0.2, 0) is 20.7 Å². The molecule has 0 bridgehead atoms. The van der Waals surface area contributed by atoms with Crippen LogP contribution in [0.1, 0.15) is 22.9 Å². The number of para-hydroxylation sites is 1. The molecule has 174 valence electrons. The minimum absolute atomic E-state index is 0.0693. The van der Waals surface area contributed by atoms with E-state index in [0.29, 0.717) is 44.2 Å². The van der Waals surface area contributed by atoms with E-state index in [2.05, 4.69) is 17.6 Å². The number of amides is 2. The molecule has 1 aromatic heterocycles. The summed E-state index contributed by atoms with van der Waals surface area (Å²) in [6.07, 6.45) is 1.71. The highest BCUT2D eigenvalue weighted by Crippen LogP contribution is 2.44. The summed E-state index contributed by atoms with van der Waals surface area (Å²) < 4.78 is 16.6. The molecule has 2 atom stereocenters. The summed E-state index contributed by atoms with van der Waals surface area (Å²) in [6.45, 7) is 5.92. The van der Waals surface area contributed by atoms with E-state index in [9.17, 15) is 9.59 Å². The molecule has 1 fully saturated rings. The summed E-state index contributed by atoms with van der Waals surface area (Å²) in [5, 5.41) is 1.06. The highest BCUT2D eigenvalue weighted by atomic mass is 16.7. The van der Waals surface area contributed by atoms with Gasteiger partial charge in [-0.1, -0.05) is 30.8 Å². The molecule has 1 saturated heterocycles. The van der Waals surface area contributed by atoms with Gasteiger partial charge >= 0.3 is 0 Å². The number of hydrogen-bond acceptors (Lipinski definition) is 5. The van der Waals surface area contributed by atoms with Gasteiger partial charge in [0.2, 0.25) is 18.6 Å². The maximum Gasteiger partial charge on any atom is 0.247 e. The lowest BCUT2D eigenvalue weighted by molar-refractivity contribution is -0.148. The molecule has 3 aliphatic rings. The summed E-state index contributed by atoms with van der Waals surface area (Å²) in [5.41, 5.74) is 3.77. The Morgan fingerprint density at radius 1 is 1.06 bits per heavy atom. The zero-order valence-electron chi connectivity index (χ0n) is 18.7. The molecule has 0 saturated carbocycles. The Hall–Kier alpha value is -3.78. The van der Waals surface area contributed by atoms with Gasteiger partial charge in [0.15, 0.2) is 11.5 Å². The summed E-state index contributed by atoms with van der Waals surface area (Å²) in [5.74, 6) is 0.931. The molecule has 2 amide bonds. The molecule has 4 heterocycles. The van der Waals surface area contributed by atoms with Gasteiger partial charge in [-0.25, -0.2) is 0 Å². The molecule has 2 aromatic carbocycles. The zero-order valence-corrected chi connectivity index (χ0v) is 18.7. The zero-order chi connectivity index (χ0) is 23.2. The largest absolute Gasteiger partial charge is 0.454 e. The molecular formula is C26H25N3O5. The van der Waals surface area contributed by atoms with E-state index >= 15 is 0 Å². The predicted molar refractivity (Wildman–Crippen MR) is 125 cm³/mol. The van der Waals surface area contributed by atoms with E-state index in [1.807, 2.05) is 36.4 Å². The van der Waals surface area contributed by atoms with Crippen LogP contribution in [0, 0.1) is 0 Å². The number of H-pyrrole nitrogens is 1. The highest BCUT2D eigenvalue weighted by Gasteiger charge is 2.44. The monoisotopic (exact) mass is 459 g/mol. The third kappa shape index (κ3) is 3.25. The maximum atomic E-state index is 13.8. The summed E-state index contributed by atoms with van der Waals surface area (Å²) in [7, 11) is 0. The number of ether oxygens (including phenoxy) is 3. The molecule has 8 nitrogen and oxygen atoms in total. The second-order valence-electron chi connectivity index (χ2n) is 8.69. The molecule has 34 heavy (non-hydrogen) atoms. The van der Waals surface area contributed by atoms with Crippen LogP contribution in [0.2, 0.25) is 0 Å². The lowest BCUT2D eigenvalue weighted by Gasteiger charge is -2.43. The van der Waals surface area contributed by atoms with Crippen molar-refractivity contribution in [3.05, 3.63) is 71.9 Å². The molecule has 6 rings (SSSR count). The molecule has 3 aliphatic heterocycles. The number of fused-ring (bicyclic) bond motifs is 4. The first kappa shape index (κ1) is 20.8. The fourth-order valence-corrected chi connectivity index (χ4v) is 5.28. The van der Waals surface area contributed by atoms with Crippen molar-refractivity contribution in [3.63, 3.8) is 0 Å². The van der Waals surface area contributed by atoms with Crippen LogP contribution in [0.5, 0.6) is 11.5 Å². The van der Waals surface area contributed by atoms with Gasteiger partial charge in [0, 0.05) is 36.1 Å². The average Bonchev–Trinajstić information content (AvgIpc) is 3.51. The van der Waals surface area contributed by atoms with Gasteiger partial charge < -0.3 is 29.0 Å². The van der Waals surface area contributed by atoms with Gasteiger partial charge in [0.25, 0.3) is 0 Å². The van der Waals surface area contributed by atoms with Crippen LogP contribution in [0.4, 0.5) is 0 Å². The van der Waals surface area contributed by atoms with E-state index < -0.39 is 12.1 Å². The molecule has 1 N–H and O–H groups in total. The molecule has 0 radical (unpaired) electrons. The van der Waals surface area contributed by atoms with Crippen molar-refractivity contribution in [1.29, 1.82) is 0 Å². The second-order valence-corrected chi connectivity index (χ2v) is 8.69. The van der Waals surface area contributed by atoms with Crippen molar-refractivity contribution in [2.24, 2.45) is 0 Å². The second kappa shape index (κ2) is 8.22. The molecular weight excluding hydrogens is 434 g/mol. The first-order chi connectivity index (χ1) is 16.7. The summed E-state index contributed by atoms with van der Waals surface area (Å²) in [4.78, 5) is 34.2. The van der Waals surface area contributed by atoms with Crippen LogP contribution in [-0.4, -0.2) is 65.7 Å².